The Morgan fingerprint density at radius 1 is 1.36 bits per heavy atom. The number of morpholine rings is 1. The zero-order valence-electron chi connectivity index (χ0n) is 12.5. The van der Waals surface area contributed by atoms with Crippen molar-refractivity contribution < 1.29 is 36.7 Å². The standard InChI is InChI=1S/C14H11F4N3O4/c15-4-6-5-21(1-2-24-6)14(23)12-19-13(25-20-12)7-3-8(16)10(18)11(22)9(7)17/h3,6,22H,1-2,4-5H2/t6-/m0/s1. The van der Waals surface area contributed by atoms with Crippen LogP contribution >= 0.6 is 0 Å². The van der Waals surface area contributed by atoms with E-state index >= 15 is 0 Å². The van der Waals surface area contributed by atoms with Gasteiger partial charge in [0.05, 0.1) is 12.2 Å². The minimum atomic E-state index is -1.76. The lowest BCUT2D eigenvalue weighted by atomic mass is 10.2. The smallest absolute Gasteiger partial charge is 0.295 e. The highest BCUT2D eigenvalue weighted by Gasteiger charge is 2.29. The Balaban J connectivity index is 1.87. The van der Waals surface area contributed by atoms with Gasteiger partial charge in [0.1, 0.15) is 12.8 Å². The Morgan fingerprint density at radius 3 is 2.84 bits per heavy atom. The van der Waals surface area contributed by atoms with Crippen molar-refractivity contribution in [2.75, 3.05) is 26.4 Å². The zero-order valence-corrected chi connectivity index (χ0v) is 12.5. The van der Waals surface area contributed by atoms with Crippen LogP contribution in [0.5, 0.6) is 5.75 Å². The maximum atomic E-state index is 13.9. The van der Waals surface area contributed by atoms with Crippen LogP contribution in [0.1, 0.15) is 10.6 Å². The molecule has 0 radical (unpaired) electrons. The number of phenols is 1. The molecule has 0 saturated carbocycles. The van der Waals surface area contributed by atoms with Crippen LogP contribution in [0.25, 0.3) is 11.5 Å². The number of benzene rings is 1. The predicted molar refractivity (Wildman–Crippen MR) is 72.9 cm³/mol. The topological polar surface area (TPSA) is 88.7 Å². The van der Waals surface area contributed by atoms with Gasteiger partial charge in [-0.05, 0) is 6.07 Å². The first kappa shape index (κ1) is 17.1. The molecule has 134 valence electrons. The Labute approximate surface area is 137 Å². The lowest BCUT2D eigenvalue weighted by molar-refractivity contribution is -0.0314. The van der Waals surface area contributed by atoms with Gasteiger partial charge in [-0.3, -0.25) is 4.79 Å². The van der Waals surface area contributed by atoms with Gasteiger partial charge in [0.15, 0.2) is 17.4 Å². The molecule has 1 saturated heterocycles. The Bertz CT molecular complexity index is 814. The summed E-state index contributed by atoms with van der Waals surface area (Å²) in [7, 11) is 0. The van der Waals surface area contributed by atoms with Crippen molar-refractivity contribution in [1.29, 1.82) is 0 Å². The van der Waals surface area contributed by atoms with E-state index in [1.54, 1.807) is 0 Å². The summed E-state index contributed by atoms with van der Waals surface area (Å²) in [6, 6.07) is 0.417. The molecule has 1 N–H and O–H groups in total. The van der Waals surface area contributed by atoms with Crippen molar-refractivity contribution in [2.45, 2.75) is 6.10 Å². The number of hydrogen-bond acceptors (Lipinski definition) is 6. The second-order valence-corrected chi connectivity index (χ2v) is 5.20. The van der Waals surface area contributed by atoms with Crippen LogP contribution in [-0.4, -0.2) is 58.5 Å². The molecule has 0 unspecified atom stereocenters. The highest BCUT2D eigenvalue weighted by atomic mass is 19.2. The van der Waals surface area contributed by atoms with E-state index in [-0.39, 0.29) is 19.7 Å². The summed E-state index contributed by atoms with van der Waals surface area (Å²) >= 11 is 0. The van der Waals surface area contributed by atoms with Crippen LogP contribution in [0.4, 0.5) is 17.6 Å². The monoisotopic (exact) mass is 361 g/mol. The molecule has 0 aliphatic carbocycles. The lowest BCUT2D eigenvalue weighted by Crippen LogP contribution is -2.46. The second-order valence-electron chi connectivity index (χ2n) is 5.20. The van der Waals surface area contributed by atoms with Gasteiger partial charge in [0.2, 0.25) is 5.82 Å². The largest absolute Gasteiger partial charge is 0.503 e. The molecule has 1 aromatic carbocycles. The van der Waals surface area contributed by atoms with Crippen molar-refractivity contribution in [2.24, 2.45) is 0 Å². The molecule has 1 aliphatic rings. The first-order chi connectivity index (χ1) is 11.9. The molecule has 3 rings (SSSR count). The average Bonchev–Trinajstić information content (AvgIpc) is 3.12. The summed E-state index contributed by atoms with van der Waals surface area (Å²) in [6.07, 6.45) is -0.773. The third kappa shape index (κ3) is 3.14. The summed E-state index contributed by atoms with van der Waals surface area (Å²) in [5.41, 5.74) is -0.702. The number of phenolic OH excluding ortho intramolecular Hbond substituents is 1. The number of hydrogen-bond donors (Lipinski definition) is 1. The first-order valence-corrected chi connectivity index (χ1v) is 7.09. The number of aromatic hydroxyl groups is 1. The van der Waals surface area contributed by atoms with Gasteiger partial charge in [-0.15, -0.1) is 0 Å². The Kier molecular flexibility index (Phi) is 4.57. The summed E-state index contributed by atoms with van der Waals surface area (Å²) in [5.74, 6) is -8.15. The van der Waals surface area contributed by atoms with E-state index in [9.17, 15) is 27.5 Å². The Hall–Kier alpha value is -2.69. The highest BCUT2D eigenvalue weighted by molar-refractivity contribution is 5.90. The van der Waals surface area contributed by atoms with E-state index in [1.807, 2.05) is 0 Å². The second kappa shape index (κ2) is 6.67. The van der Waals surface area contributed by atoms with Gasteiger partial charge in [-0.1, -0.05) is 5.16 Å². The summed E-state index contributed by atoms with van der Waals surface area (Å²) < 4.78 is 62.7. The van der Waals surface area contributed by atoms with E-state index in [2.05, 4.69) is 10.1 Å². The van der Waals surface area contributed by atoms with Crippen LogP contribution in [0.15, 0.2) is 10.6 Å². The summed E-state index contributed by atoms with van der Waals surface area (Å²) in [6.45, 7) is -0.517. The molecule has 0 spiro atoms. The molecule has 1 atom stereocenters. The number of alkyl halides is 1. The molecule has 0 bridgehead atoms. The maximum absolute atomic E-state index is 13.9. The molecule has 2 aromatic rings. The number of rotatable bonds is 3. The van der Waals surface area contributed by atoms with Crippen LogP contribution < -0.4 is 0 Å². The number of carbonyl (C=O) groups excluding carboxylic acids is 1. The third-order valence-electron chi connectivity index (χ3n) is 3.58. The number of ether oxygens (including phenoxy) is 1. The van der Waals surface area contributed by atoms with E-state index in [1.165, 1.54) is 4.90 Å². The van der Waals surface area contributed by atoms with E-state index in [0.29, 0.717) is 6.07 Å². The molecule has 25 heavy (non-hydrogen) atoms. The molecular weight excluding hydrogens is 350 g/mol. The molecule has 7 nitrogen and oxygen atoms in total. The van der Waals surface area contributed by atoms with Gasteiger partial charge in [0, 0.05) is 13.1 Å². The molecule has 11 heteroatoms. The van der Waals surface area contributed by atoms with Crippen molar-refractivity contribution in [3.8, 4) is 17.2 Å². The molecule has 1 aliphatic heterocycles. The fraction of sp³-hybridized carbons (Fsp3) is 0.357. The lowest BCUT2D eigenvalue weighted by Gasteiger charge is -2.30. The van der Waals surface area contributed by atoms with Gasteiger partial charge in [-0.25, -0.2) is 13.2 Å². The van der Waals surface area contributed by atoms with Crippen LogP contribution in [0.2, 0.25) is 0 Å². The van der Waals surface area contributed by atoms with E-state index < -0.39 is 59.2 Å². The molecular formula is C14H11F4N3O4. The van der Waals surface area contributed by atoms with Gasteiger partial charge in [-0.2, -0.15) is 9.37 Å². The minimum Gasteiger partial charge on any atom is -0.503 e. The molecule has 1 aromatic heterocycles. The van der Waals surface area contributed by atoms with Crippen molar-refractivity contribution in [3.05, 3.63) is 29.3 Å². The average molecular weight is 361 g/mol. The molecule has 2 heterocycles. The highest BCUT2D eigenvalue weighted by Crippen LogP contribution is 2.31. The van der Waals surface area contributed by atoms with Crippen molar-refractivity contribution in [1.82, 2.24) is 15.0 Å². The number of nitrogens with zero attached hydrogens (tertiary/aromatic N) is 3. The SMILES string of the molecule is O=C(c1noc(-c2cc(F)c(F)c(O)c2F)n1)N1CCO[C@@H](CF)C1. The molecule has 1 fully saturated rings. The van der Waals surface area contributed by atoms with Gasteiger partial charge in [0.25, 0.3) is 17.6 Å². The number of aromatic nitrogens is 2. The van der Waals surface area contributed by atoms with E-state index in [0.717, 1.165) is 0 Å². The predicted octanol–water partition coefficient (Wildman–Crippen LogP) is 1.67. The quantitative estimate of drug-likeness (QED) is 0.661. The maximum Gasteiger partial charge on any atom is 0.295 e. The number of amides is 1. The molecule has 1 amide bonds. The zero-order chi connectivity index (χ0) is 18.1. The van der Waals surface area contributed by atoms with Crippen molar-refractivity contribution >= 4 is 5.91 Å². The van der Waals surface area contributed by atoms with Gasteiger partial charge >= 0.3 is 0 Å². The summed E-state index contributed by atoms with van der Waals surface area (Å²) in [5, 5.41) is 12.6. The van der Waals surface area contributed by atoms with Gasteiger partial charge < -0.3 is 19.3 Å². The number of carbonyl (C=O) groups is 1. The normalized spacial score (nSPS) is 17.8. The van der Waals surface area contributed by atoms with Crippen LogP contribution in [-0.2, 0) is 4.74 Å². The summed E-state index contributed by atoms with van der Waals surface area (Å²) in [4.78, 5) is 17.1. The van der Waals surface area contributed by atoms with Crippen LogP contribution in [0, 0.1) is 17.5 Å². The fourth-order valence-electron chi connectivity index (χ4n) is 2.30. The van der Waals surface area contributed by atoms with Crippen molar-refractivity contribution in [3.63, 3.8) is 0 Å². The van der Waals surface area contributed by atoms with Crippen LogP contribution in [0.3, 0.4) is 0 Å². The third-order valence-corrected chi connectivity index (χ3v) is 3.58. The van der Waals surface area contributed by atoms with E-state index in [4.69, 9.17) is 9.26 Å². The number of halogens is 4. The fourth-order valence-corrected chi connectivity index (χ4v) is 2.30. The first-order valence-electron chi connectivity index (χ1n) is 7.09. The Morgan fingerprint density at radius 2 is 2.12 bits per heavy atom. The minimum absolute atomic E-state index is 0.0282.